The molecule has 1 unspecified atom stereocenters. The molecule has 1 atom stereocenters. The molecule has 1 saturated heterocycles. The Morgan fingerprint density at radius 2 is 2.06 bits per heavy atom. The van der Waals surface area contributed by atoms with Crippen molar-refractivity contribution in [3.8, 4) is 0 Å². The number of rotatable bonds is 4. The van der Waals surface area contributed by atoms with E-state index in [-0.39, 0.29) is 12.1 Å². The highest BCUT2D eigenvalue weighted by Gasteiger charge is 2.35. The number of hydrogen-bond donors (Lipinski definition) is 0. The van der Waals surface area contributed by atoms with E-state index in [0.29, 0.717) is 6.54 Å². The molecule has 0 aromatic heterocycles. The van der Waals surface area contributed by atoms with E-state index >= 15 is 0 Å². The zero-order valence-electron chi connectivity index (χ0n) is 10.2. The molecule has 1 aliphatic heterocycles. The smallest absolute Gasteiger partial charge is 0.195 e. The highest BCUT2D eigenvalue weighted by molar-refractivity contribution is 9.09. The van der Waals surface area contributed by atoms with Gasteiger partial charge < -0.3 is 0 Å². The molecular formula is C10H21BrN2O2S. The molecule has 0 aliphatic carbocycles. The van der Waals surface area contributed by atoms with Crippen molar-refractivity contribution in [1.29, 1.82) is 0 Å². The predicted molar refractivity (Wildman–Crippen MR) is 70.0 cm³/mol. The summed E-state index contributed by atoms with van der Waals surface area (Å²) < 4.78 is 27.8. The SMILES string of the molecule is CC(C)N(C)S(=O)(=O)N1CCCCC1CBr. The summed E-state index contributed by atoms with van der Waals surface area (Å²) in [4.78, 5) is 0. The molecule has 6 heteroatoms. The first-order chi connectivity index (χ1) is 7.41. The van der Waals surface area contributed by atoms with Crippen LogP contribution >= 0.6 is 15.9 Å². The van der Waals surface area contributed by atoms with Crippen LogP contribution in [0.1, 0.15) is 33.1 Å². The van der Waals surface area contributed by atoms with E-state index in [1.807, 2.05) is 13.8 Å². The minimum Gasteiger partial charge on any atom is -0.195 e. The Labute approximate surface area is 107 Å². The zero-order chi connectivity index (χ0) is 12.3. The van der Waals surface area contributed by atoms with Crippen LogP contribution in [0.15, 0.2) is 0 Å². The van der Waals surface area contributed by atoms with Gasteiger partial charge in [0, 0.05) is 31.0 Å². The fourth-order valence-corrected chi connectivity index (χ4v) is 4.51. The molecule has 0 bridgehead atoms. The summed E-state index contributed by atoms with van der Waals surface area (Å²) in [6.07, 6.45) is 3.04. The van der Waals surface area contributed by atoms with Gasteiger partial charge in [0.15, 0.2) is 0 Å². The normalized spacial score (nSPS) is 24.2. The van der Waals surface area contributed by atoms with Crippen LogP contribution in [0.5, 0.6) is 0 Å². The van der Waals surface area contributed by atoms with Crippen LogP contribution in [0.3, 0.4) is 0 Å². The maximum atomic E-state index is 12.3. The minimum atomic E-state index is -3.29. The Hall–Kier alpha value is 0.350. The van der Waals surface area contributed by atoms with Crippen molar-refractivity contribution in [2.24, 2.45) is 0 Å². The molecule has 0 saturated carbocycles. The summed E-state index contributed by atoms with van der Waals surface area (Å²) in [6, 6.07) is 0.114. The first-order valence-corrected chi connectivity index (χ1v) is 8.24. The number of hydrogen-bond acceptors (Lipinski definition) is 2. The highest BCUT2D eigenvalue weighted by Crippen LogP contribution is 2.24. The van der Waals surface area contributed by atoms with Crippen molar-refractivity contribution in [2.45, 2.75) is 45.2 Å². The summed E-state index contributed by atoms with van der Waals surface area (Å²) in [5.74, 6) is 0. The molecule has 0 amide bonds. The molecule has 4 nitrogen and oxygen atoms in total. The zero-order valence-corrected chi connectivity index (χ0v) is 12.6. The van der Waals surface area contributed by atoms with Crippen molar-refractivity contribution in [3.05, 3.63) is 0 Å². The summed E-state index contributed by atoms with van der Waals surface area (Å²) in [5, 5.41) is 0.720. The van der Waals surface area contributed by atoms with Crippen molar-refractivity contribution in [3.63, 3.8) is 0 Å². The third kappa shape index (κ3) is 2.97. The van der Waals surface area contributed by atoms with Gasteiger partial charge in [-0.15, -0.1) is 0 Å². The van der Waals surface area contributed by atoms with E-state index in [1.54, 1.807) is 11.4 Å². The Balaban J connectivity index is 2.88. The average Bonchev–Trinajstić information content (AvgIpc) is 2.27. The Bertz CT molecular complexity index is 319. The second-order valence-corrected chi connectivity index (χ2v) is 7.12. The van der Waals surface area contributed by atoms with E-state index in [4.69, 9.17) is 0 Å². The lowest BCUT2D eigenvalue weighted by Crippen LogP contribution is -2.51. The van der Waals surface area contributed by atoms with Gasteiger partial charge in [-0.1, -0.05) is 22.4 Å². The van der Waals surface area contributed by atoms with Crippen molar-refractivity contribution in [2.75, 3.05) is 18.9 Å². The van der Waals surface area contributed by atoms with Crippen LogP contribution in [0, 0.1) is 0 Å². The van der Waals surface area contributed by atoms with Gasteiger partial charge in [0.05, 0.1) is 0 Å². The number of alkyl halides is 1. The van der Waals surface area contributed by atoms with Gasteiger partial charge in [-0.05, 0) is 26.7 Å². The molecule has 1 rings (SSSR count). The first kappa shape index (κ1) is 14.4. The molecule has 0 aromatic rings. The van der Waals surface area contributed by atoms with Crippen LogP contribution in [-0.4, -0.2) is 48.0 Å². The molecule has 96 valence electrons. The van der Waals surface area contributed by atoms with Gasteiger partial charge in [-0.2, -0.15) is 17.0 Å². The van der Waals surface area contributed by atoms with Crippen molar-refractivity contribution in [1.82, 2.24) is 8.61 Å². The summed E-state index contributed by atoms with van der Waals surface area (Å²) in [6.45, 7) is 4.44. The summed E-state index contributed by atoms with van der Waals surface area (Å²) >= 11 is 3.41. The summed E-state index contributed by atoms with van der Waals surface area (Å²) in [7, 11) is -1.63. The molecule has 1 aliphatic rings. The van der Waals surface area contributed by atoms with Crippen LogP contribution in [-0.2, 0) is 10.2 Å². The van der Waals surface area contributed by atoms with E-state index in [9.17, 15) is 8.42 Å². The van der Waals surface area contributed by atoms with Crippen LogP contribution in [0.25, 0.3) is 0 Å². The summed E-state index contributed by atoms with van der Waals surface area (Å²) in [5.41, 5.74) is 0. The molecule has 16 heavy (non-hydrogen) atoms. The van der Waals surface area contributed by atoms with Gasteiger partial charge >= 0.3 is 0 Å². The number of halogens is 1. The maximum absolute atomic E-state index is 12.3. The third-order valence-corrected chi connectivity index (χ3v) is 6.11. The fraction of sp³-hybridized carbons (Fsp3) is 1.00. The monoisotopic (exact) mass is 312 g/mol. The van der Waals surface area contributed by atoms with Gasteiger partial charge in [-0.25, -0.2) is 0 Å². The standard InChI is InChI=1S/C10H21BrN2O2S/c1-9(2)12(3)16(14,15)13-7-5-4-6-10(13)8-11/h9-10H,4-8H2,1-3H3. The molecule has 1 fully saturated rings. The molecule has 0 spiro atoms. The van der Waals surface area contributed by atoms with Crippen LogP contribution < -0.4 is 0 Å². The number of nitrogens with zero attached hydrogens (tertiary/aromatic N) is 2. The fourth-order valence-electron chi connectivity index (χ4n) is 1.86. The predicted octanol–water partition coefficient (Wildman–Crippen LogP) is 1.82. The van der Waals surface area contributed by atoms with Gasteiger partial charge in [-0.3, -0.25) is 0 Å². The highest BCUT2D eigenvalue weighted by atomic mass is 79.9. The second kappa shape index (κ2) is 5.80. The van der Waals surface area contributed by atoms with Crippen molar-refractivity contribution >= 4 is 26.1 Å². The number of piperidine rings is 1. The van der Waals surface area contributed by atoms with Crippen molar-refractivity contribution < 1.29 is 8.42 Å². The average molecular weight is 313 g/mol. The van der Waals surface area contributed by atoms with Crippen LogP contribution in [0.4, 0.5) is 0 Å². The van der Waals surface area contributed by atoms with Gasteiger partial charge in [0.1, 0.15) is 0 Å². The van der Waals surface area contributed by atoms with Gasteiger partial charge in [0.25, 0.3) is 10.2 Å². The topological polar surface area (TPSA) is 40.6 Å². The molecule has 0 N–H and O–H groups in total. The molecule has 1 heterocycles. The third-order valence-electron chi connectivity index (χ3n) is 3.14. The first-order valence-electron chi connectivity index (χ1n) is 5.72. The molecule has 0 radical (unpaired) electrons. The quantitative estimate of drug-likeness (QED) is 0.743. The lowest BCUT2D eigenvalue weighted by Gasteiger charge is -2.37. The maximum Gasteiger partial charge on any atom is 0.282 e. The minimum absolute atomic E-state index is 0.00269. The lowest BCUT2D eigenvalue weighted by atomic mass is 10.1. The Kier molecular flexibility index (Phi) is 5.22. The second-order valence-electron chi connectivity index (χ2n) is 4.53. The Morgan fingerprint density at radius 1 is 1.44 bits per heavy atom. The van der Waals surface area contributed by atoms with Gasteiger partial charge in [0.2, 0.25) is 0 Å². The van der Waals surface area contributed by atoms with E-state index in [1.165, 1.54) is 4.31 Å². The largest absolute Gasteiger partial charge is 0.282 e. The van der Waals surface area contributed by atoms with E-state index in [2.05, 4.69) is 15.9 Å². The van der Waals surface area contributed by atoms with E-state index < -0.39 is 10.2 Å². The van der Waals surface area contributed by atoms with Crippen LogP contribution in [0.2, 0.25) is 0 Å². The lowest BCUT2D eigenvalue weighted by molar-refractivity contribution is 0.247. The molecule has 0 aromatic carbocycles. The van der Waals surface area contributed by atoms with E-state index in [0.717, 1.165) is 24.6 Å². The Morgan fingerprint density at radius 3 is 2.56 bits per heavy atom. The molecular weight excluding hydrogens is 292 g/mol.